The summed E-state index contributed by atoms with van der Waals surface area (Å²) in [5.74, 6) is 0. The predicted octanol–water partition coefficient (Wildman–Crippen LogP) is 5.05. The molecule has 0 nitrogen and oxygen atoms in total. The fourth-order valence-electron chi connectivity index (χ4n) is 2.56. The maximum absolute atomic E-state index is 2.30. The minimum atomic E-state index is 1.01. The van der Waals surface area contributed by atoms with Crippen molar-refractivity contribution in [2.75, 3.05) is 0 Å². The number of benzene rings is 3. The zero-order valence-electron chi connectivity index (χ0n) is 11.5. The molecule has 0 aromatic heterocycles. The molecule has 0 aliphatic carbocycles. The van der Waals surface area contributed by atoms with Crippen LogP contribution < -0.4 is 0 Å². The van der Waals surface area contributed by atoms with Gasteiger partial charge in [-0.15, -0.1) is 0 Å². The van der Waals surface area contributed by atoms with Crippen LogP contribution in [0.4, 0.5) is 0 Å². The van der Waals surface area contributed by atoms with Gasteiger partial charge in [0, 0.05) is 0 Å². The quantitative estimate of drug-likeness (QED) is 0.593. The Morgan fingerprint density at radius 3 is 2.37 bits per heavy atom. The lowest BCUT2D eigenvalue weighted by Gasteiger charge is -2.08. The molecule has 0 heteroatoms. The lowest BCUT2D eigenvalue weighted by Crippen LogP contribution is -1.92. The van der Waals surface area contributed by atoms with Crippen molar-refractivity contribution >= 4 is 10.8 Å². The molecule has 0 aliphatic heterocycles. The van der Waals surface area contributed by atoms with Gasteiger partial charge in [0.2, 0.25) is 0 Å². The van der Waals surface area contributed by atoms with Crippen LogP contribution >= 0.6 is 0 Å². The van der Waals surface area contributed by atoms with E-state index in [-0.39, 0.29) is 0 Å². The first-order valence-electron chi connectivity index (χ1n) is 6.76. The van der Waals surface area contributed by atoms with E-state index in [1.165, 1.54) is 33.0 Å². The molecule has 3 aromatic rings. The first-order valence-corrected chi connectivity index (χ1v) is 6.76. The van der Waals surface area contributed by atoms with Crippen molar-refractivity contribution in [3.63, 3.8) is 0 Å². The first-order chi connectivity index (χ1) is 9.22. The second-order valence-electron chi connectivity index (χ2n) is 5.29. The average Bonchev–Trinajstić information content (AvgIpc) is 2.43. The molecule has 0 N–H and O–H groups in total. The van der Waals surface area contributed by atoms with Crippen LogP contribution in [0.2, 0.25) is 0 Å². The molecule has 0 radical (unpaired) electrons. The van der Waals surface area contributed by atoms with E-state index < -0.39 is 0 Å². The summed E-state index contributed by atoms with van der Waals surface area (Å²) in [6, 6.07) is 22.0. The Kier molecular flexibility index (Phi) is 3.08. The second-order valence-corrected chi connectivity index (χ2v) is 5.29. The Hall–Kier alpha value is -2.08. The minimum Gasteiger partial charge on any atom is -0.0616 e. The van der Waals surface area contributed by atoms with Gasteiger partial charge in [0.15, 0.2) is 0 Å². The summed E-state index contributed by atoms with van der Waals surface area (Å²) in [5, 5.41) is 2.64. The third-order valence-corrected chi connectivity index (χ3v) is 3.71. The monoisotopic (exact) mass is 246 g/mol. The normalized spacial score (nSPS) is 10.8. The Labute approximate surface area is 114 Å². The van der Waals surface area contributed by atoms with Crippen molar-refractivity contribution in [3.8, 4) is 0 Å². The minimum absolute atomic E-state index is 1.01. The average molecular weight is 246 g/mol. The summed E-state index contributed by atoms with van der Waals surface area (Å²) in [6.45, 7) is 4.35. The molecule has 0 atom stereocenters. The van der Waals surface area contributed by atoms with Gasteiger partial charge in [-0.2, -0.15) is 0 Å². The highest BCUT2D eigenvalue weighted by Gasteiger charge is 2.02. The molecule has 0 spiro atoms. The van der Waals surface area contributed by atoms with E-state index in [0.29, 0.717) is 0 Å². The molecule has 3 rings (SSSR count). The standard InChI is InChI=1S/C19H18/c1-14-7-8-15(2)19(11-14)13-16-9-10-17-5-3-4-6-18(17)12-16/h3-12H,13H2,1-2H3. The van der Waals surface area contributed by atoms with Crippen LogP contribution in [0.25, 0.3) is 10.8 Å². The third-order valence-electron chi connectivity index (χ3n) is 3.71. The topological polar surface area (TPSA) is 0 Å². The Morgan fingerprint density at radius 1 is 0.737 bits per heavy atom. The van der Waals surface area contributed by atoms with Crippen LogP contribution in [0.15, 0.2) is 60.7 Å². The van der Waals surface area contributed by atoms with Crippen LogP contribution in [0.3, 0.4) is 0 Å². The molecule has 3 aromatic carbocycles. The van der Waals surface area contributed by atoms with Crippen molar-refractivity contribution in [1.82, 2.24) is 0 Å². The first kappa shape index (κ1) is 12.0. The van der Waals surface area contributed by atoms with Gasteiger partial charge in [0.05, 0.1) is 0 Å². The van der Waals surface area contributed by atoms with Gasteiger partial charge in [0.1, 0.15) is 0 Å². The summed E-state index contributed by atoms with van der Waals surface area (Å²) >= 11 is 0. The lowest BCUT2D eigenvalue weighted by atomic mass is 9.97. The molecule has 0 amide bonds. The highest BCUT2D eigenvalue weighted by atomic mass is 14.1. The van der Waals surface area contributed by atoms with E-state index in [9.17, 15) is 0 Å². The van der Waals surface area contributed by atoms with E-state index >= 15 is 0 Å². The zero-order chi connectivity index (χ0) is 13.2. The van der Waals surface area contributed by atoms with Crippen molar-refractivity contribution in [3.05, 3.63) is 82.9 Å². The van der Waals surface area contributed by atoms with Crippen LogP contribution in [-0.4, -0.2) is 0 Å². The number of rotatable bonds is 2. The smallest absolute Gasteiger partial charge is 0.00228 e. The molecule has 0 heterocycles. The summed E-state index contributed by atoms with van der Waals surface area (Å²) in [4.78, 5) is 0. The highest BCUT2D eigenvalue weighted by molar-refractivity contribution is 5.83. The van der Waals surface area contributed by atoms with Crippen LogP contribution in [0.5, 0.6) is 0 Å². The van der Waals surface area contributed by atoms with E-state index in [4.69, 9.17) is 0 Å². The Balaban J connectivity index is 1.98. The molecular formula is C19H18. The second kappa shape index (κ2) is 4.89. The molecule has 0 fully saturated rings. The number of aryl methyl sites for hydroxylation is 2. The highest BCUT2D eigenvalue weighted by Crippen LogP contribution is 2.20. The van der Waals surface area contributed by atoms with Crippen LogP contribution in [0.1, 0.15) is 22.3 Å². The summed E-state index contributed by atoms with van der Waals surface area (Å²) in [5.41, 5.74) is 5.52. The van der Waals surface area contributed by atoms with Gasteiger partial charge in [-0.25, -0.2) is 0 Å². The molecule has 0 saturated heterocycles. The van der Waals surface area contributed by atoms with Crippen molar-refractivity contribution < 1.29 is 0 Å². The molecule has 94 valence electrons. The van der Waals surface area contributed by atoms with Gasteiger partial charge in [-0.1, -0.05) is 66.2 Å². The van der Waals surface area contributed by atoms with E-state index in [1.54, 1.807) is 0 Å². The number of fused-ring (bicyclic) bond motifs is 1. The van der Waals surface area contributed by atoms with Gasteiger partial charge in [0.25, 0.3) is 0 Å². The fourth-order valence-corrected chi connectivity index (χ4v) is 2.56. The summed E-state index contributed by atoms with van der Waals surface area (Å²) < 4.78 is 0. The third kappa shape index (κ3) is 2.53. The SMILES string of the molecule is Cc1ccc(C)c(Cc2ccc3ccccc3c2)c1. The van der Waals surface area contributed by atoms with E-state index in [0.717, 1.165) is 6.42 Å². The van der Waals surface area contributed by atoms with Gasteiger partial charge in [-0.05, 0) is 47.7 Å². The maximum atomic E-state index is 2.30. The van der Waals surface area contributed by atoms with Crippen molar-refractivity contribution in [2.24, 2.45) is 0 Å². The molecule has 0 bridgehead atoms. The fraction of sp³-hybridized carbons (Fsp3) is 0.158. The number of hydrogen-bond donors (Lipinski definition) is 0. The zero-order valence-corrected chi connectivity index (χ0v) is 11.5. The molecule has 0 aliphatic rings. The molecule has 19 heavy (non-hydrogen) atoms. The summed E-state index contributed by atoms with van der Waals surface area (Å²) in [6.07, 6.45) is 1.01. The van der Waals surface area contributed by atoms with Crippen LogP contribution in [0, 0.1) is 13.8 Å². The Bertz CT molecular complexity index is 723. The molecule has 0 unspecified atom stereocenters. The molecule has 0 saturated carbocycles. The van der Waals surface area contributed by atoms with Crippen molar-refractivity contribution in [1.29, 1.82) is 0 Å². The Morgan fingerprint density at radius 2 is 1.53 bits per heavy atom. The number of hydrogen-bond acceptors (Lipinski definition) is 0. The largest absolute Gasteiger partial charge is 0.0616 e. The maximum Gasteiger partial charge on any atom is -0.00228 e. The van der Waals surface area contributed by atoms with E-state index in [2.05, 4.69) is 74.5 Å². The van der Waals surface area contributed by atoms with Crippen LogP contribution in [-0.2, 0) is 6.42 Å². The van der Waals surface area contributed by atoms with E-state index in [1.807, 2.05) is 0 Å². The van der Waals surface area contributed by atoms with Gasteiger partial charge in [-0.3, -0.25) is 0 Å². The van der Waals surface area contributed by atoms with Gasteiger partial charge >= 0.3 is 0 Å². The molecular weight excluding hydrogens is 228 g/mol. The summed E-state index contributed by atoms with van der Waals surface area (Å²) in [7, 11) is 0. The van der Waals surface area contributed by atoms with Crippen molar-refractivity contribution in [2.45, 2.75) is 20.3 Å². The van der Waals surface area contributed by atoms with Gasteiger partial charge < -0.3 is 0 Å². The predicted molar refractivity (Wildman–Crippen MR) is 82.7 cm³/mol. The lowest BCUT2D eigenvalue weighted by molar-refractivity contribution is 1.15.